The van der Waals surface area contributed by atoms with Crippen LogP contribution in [0.1, 0.15) is 62.0 Å². The number of hydrogen-bond donors (Lipinski definition) is 4. The van der Waals surface area contributed by atoms with E-state index in [2.05, 4.69) is 80.6 Å². The predicted octanol–water partition coefficient (Wildman–Crippen LogP) is 7.81. The summed E-state index contributed by atoms with van der Waals surface area (Å²) in [5, 5.41) is 19.0. The van der Waals surface area contributed by atoms with E-state index in [0.717, 1.165) is 80.0 Å². The molecule has 4 aromatic heterocycles. The molecule has 5 heterocycles. The monoisotopic (exact) mass is 667 g/mol. The SMILES string of the molecule is COc1cc(OC)c([C+]2c3ccc([nH]3)[C+](c3ccc(C#N)cc3)c3ccc([nH]3)-c3ccc([nH]3)[C+](c3ccc(C#N)cc3)c3ccc2[nH]3)cc1OC. The summed E-state index contributed by atoms with van der Waals surface area (Å²) in [6, 6.07) is 39.9. The Kier molecular flexibility index (Phi) is 7.71. The molecule has 0 saturated carbocycles. The average Bonchev–Trinajstić information content (AvgIpc) is 4.01. The lowest BCUT2D eigenvalue weighted by Crippen LogP contribution is -2.11. The summed E-state index contributed by atoms with van der Waals surface area (Å²) in [6.45, 7) is 0. The molecular weight excluding hydrogens is 637 g/mol. The van der Waals surface area contributed by atoms with Crippen LogP contribution in [0, 0.1) is 40.4 Å². The largest absolute Gasteiger partial charge is 0.491 e. The lowest BCUT2D eigenvalue weighted by atomic mass is 9.91. The second kappa shape index (κ2) is 12.7. The molecule has 0 radical (unpaired) electrons. The number of rotatable bonds is 6. The van der Waals surface area contributed by atoms with Crippen LogP contribution < -0.4 is 14.2 Å². The highest BCUT2D eigenvalue weighted by Crippen LogP contribution is 2.44. The highest BCUT2D eigenvalue weighted by molar-refractivity contribution is 5.68. The van der Waals surface area contributed by atoms with Gasteiger partial charge in [0.05, 0.1) is 91.4 Å². The maximum atomic E-state index is 9.51. The number of nitriles is 2. The van der Waals surface area contributed by atoms with Crippen LogP contribution >= 0.6 is 0 Å². The number of fused-ring (bicyclic) bond motifs is 9. The third-order valence-corrected chi connectivity index (χ3v) is 9.23. The van der Waals surface area contributed by atoms with Crippen LogP contribution in [0.25, 0.3) is 11.4 Å². The minimum Gasteiger partial charge on any atom is -0.491 e. The van der Waals surface area contributed by atoms with E-state index in [0.29, 0.717) is 28.4 Å². The van der Waals surface area contributed by atoms with Crippen LogP contribution in [0.5, 0.6) is 17.2 Å². The fourth-order valence-corrected chi connectivity index (χ4v) is 6.76. The molecule has 0 saturated heterocycles. The van der Waals surface area contributed by atoms with Gasteiger partial charge in [0.25, 0.3) is 0 Å². The maximum absolute atomic E-state index is 9.51. The van der Waals surface area contributed by atoms with Gasteiger partial charge < -0.3 is 34.1 Å². The summed E-state index contributed by atoms with van der Waals surface area (Å²) in [6.07, 6.45) is 0. The molecule has 0 unspecified atom stereocenters. The van der Waals surface area contributed by atoms with Gasteiger partial charge >= 0.3 is 0 Å². The fraction of sp³-hybridized carbons (Fsp3) is 0.0714. The number of ether oxygens (including phenoxy) is 3. The van der Waals surface area contributed by atoms with Crippen molar-refractivity contribution in [1.82, 2.24) is 19.9 Å². The molecule has 9 heteroatoms. The van der Waals surface area contributed by atoms with Crippen molar-refractivity contribution in [1.29, 1.82) is 10.5 Å². The first kappa shape index (κ1) is 31.1. The summed E-state index contributed by atoms with van der Waals surface area (Å²) in [4.78, 5) is 14.8. The van der Waals surface area contributed by atoms with Gasteiger partial charge in [-0.05, 0) is 36.4 Å². The Morgan fingerprint density at radius 3 is 1.22 bits per heavy atom. The molecule has 51 heavy (non-hydrogen) atoms. The zero-order valence-corrected chi connectivity index (χ0v) is 28.0. The molecule has 1 aliphatic heterocycles. The minimum absolute atomic E-state index is 0.549. The molecule has 8 bridgehead atoms. The van der Waals surface area contributed by atoms with Gasteiger partial charge in [-0.25, -0.2) is 0 Å². The molecule has 7 aromatic rings. The van der Waals surface area contributed by atoms with Gasteiger partial charge in [-0.1, -0.05) is 0 Å². The number of aromatic nitrogens is 4. The van der Waals surface area contributed by atoms with Crippen molar-refractivity contribution in [3.05, 3.63) is 189 Å². The Morgan fingerprint density at radius 2 is 0.804 bits per heavy atom. The second-order valence-corrected chi connectivity index (χ2v) is 12.1. The number of hydrogen-bond acceptors (Lipinski definition) is 5. The Balaban J connectivity index is 1.39. The zero-order chi connectivity index (χ0) is 35.1. The highest BCUT2D eigenvalue weighted by atomic mass is 16.5. The molecular formula is C42H31N6O3+3. The van der Waals surface area contributed by atoms with Crippen LogP contribution in [0.2, 0.25) is 0 Å². The summed E-state index contributed by atoms with van der Waals surface area (Å²) >= 11 is 0. The van der Waals surface area contributed by atoms with Crippen LogP contribution in [0.3, 0.4) is 0 Å². The van der Waals surface area contributed by atoms with E-state index >= 15 is 0 Å². The summed E-state index contributed by atoms with van der Waals surface area (Å²) in [5.41, 5.74) is 10.9. The van der Waals surface area contributed by atoms with E-state index in [1.54, 1.807) is 21.3 Å². The number of H-pyrrole nitrogens is 4. The van der Waals surface area contributed by atoms with Gasteiger partial charge in [-0.15, -0.1) is 0 Å². The van der Waals surface area contributed by atoms with E-state index in [-0.39, 0.29) is 0 Å². The van der Waals surface area contributed by atoms with Crippen molar-refractivity contribution in [2.75, 3.05) is 21.3 Å². The van der Waals surface area contributed by atoms with Gasteiger partial charge in [-0.2, -0.15) is 10.5 Å². The number of benzene rings is 3. The summed E-state index contributed by atoms with van der Waals surface area (Å²) in [7, 11) is 4.85. The fourth-order valence-electron chi connectivity index (χ4n) is 6.76. The lowest BCUT2D eigenvalue weighted by molar-refractivity contribution is 0.348. The number of aromatic amines is 4. The molecule has 0 aliphatic carbocycles. The third kappa shape index (κ3) is 5.40. The summed E-state index contributed by atoms with van der Waals surface area (Å²) in [5.74, 6) is 4.43. The van der Waals surface area contributed by atoms with E-state index < -0.39 is 0 Å². The van der Waals surface area contributed by atoms with Crippen molar-refractivity contribution in [3.63, 3.8) is 0 Å². The maximum Gasteiger partial charge on any atom is 0.196 e. The van der Waals surface area contributed by atoms with Gasteiger partial charge in [-0.3, -0.25) is 0 Å². The second-order valence-electron chi connectivity index (χ2n) is 12.1. The first-order valence-electron chi connectivity index (χ1n) is 16.2. The number of nitrogens with one attached hydrogen (secondary N) is 4. The summed E-state index contributed by atoms with van der Waals surface area (Å²) < 4.78 is 17.4. The van der Waals surface area contributed by atoms with Crippen molar-refractivity contribution in [2.45, 2.75) is 0 Å². The molecule has 1 aliphatic rings. The molecule has 8 rings (SSSR count). The van der Waals surface area contributed by atoms with Gasteiger partial charge in [0.1, 0.15) is 69.6 Å². The molecule has 0 fully saturated rings. The number of methoxy groups -OCH3 is 3. The Labute approximate surface area is 295 Å². The minimum atomic E-state index is 0.549. The Hall–Kier alpha value is -7.23. The van der Waals surface area contributed by atoms with E-state index in [1.807, 2.05) is 60.7 Å². The Morgan fingerprint density at radius 1 is 0.431 bits per heavy atom. The average molecular weight is 668 g/mol. The number of nitrogens with zero attached hydrogens (tertiary/aromatic N) is 2. The van der Waals surface area contributed by atoms with E-state index in [1.165, 1.54) is 0 Å². The van der Waals surface area contributed by atoms with Gasteiger partial charge in [0, 0.05) is 36.4 Å². The molecule has 3 aromatic carbocycles. The first-order valence-corrected chi connectivity index (χ1v) is 16.2. The molecule has 0 spiro atoms. The van der Waals surface area contributed by atoms with Crippen LogP contribution in [0.4, 0.5) is 0 Å². The predicted molar refractivity (Wildman–Crippen MR) is 192 cm³/mol. The quantitative estimate of drug-likeness (QED) is 0.134. The van der Waals surface area contributed by atoms with Gasteiger partial charge in [0.2, 0.25) is 0 Å². The lowest BCUT2D eigenvalue weighted by Gasteiger charge is -2.15. The molecule has 9 nitrogen and oxygen atoms in total. The van der Waals surface area contributed by atoms with Crippen molar-refractivity contribution in [2.24, 2.45) is 0 Å². The zero-order valence-electron chi connectivity index (χ0n) is 28.0. The molecule has 0 atom stereocenters. The van der Waals surface area contributed by atoms with Crippen molar-refractivity contribution in [3.8, 4) is 40.8 Å². The molecule has 0 amide bonds. The normalized spacial score (nSPS) is 12.1. The molecule has 244 valence electrons. The van der Waals surface area contributed by atoms with E-state index in [4.69, 9.17) is 14.2 Å². The van der Waals surface area contributed by atoms with Gasteiger partial charge in [0.15, 0.2) is 17.2 Å². The first-order chi connectivity index (χ1) is 25.0. The van der Waals surface area contributed by atoms with Crippen LogP contribution in [-0.4, -0.2) is 41.3 Å². The third-order valence-electron chi connectivity index (χ3n) is 9.23. The topological polar surface area (TPSA) is 138 Å². The van der Waals surface area contributed by atoms with Crippen LogP contribution in [-0.2, 0) is 0 Å². The van der Waals surface area contributed by atoms with E-state index in [9.17, 15) is 10.5 Å². The van der Waals surface area contributed by atoms with Crippen LogP contribution in [0.15, 0.2) is 109 Å². The van der Waals surface area contributed by atoms with Crippen molar-refractivity contribution < 1.29 is 14.2 Å². The highest BCUT2D eigenvalue weighted by Gasteiger charge is 2.37. The smallest absolute Gasteiger partial charge is 0.196 e. The Bertz CT molecular complexity index is 2290. The molecule has 4 N–H and O–H groups in total. The standard InChI is InChI=1S/C42H31N6O3/c1-49-37-21-39(51-3)38(50-2)20-28(37)42-35-18-16-33(47-35)40(26-8-4-24(22-43)5-9-26)31-14-12-29(45-31)30-13-15-32(46-30)41(34-17-19-36(42)48-34)27-10-6-25(23-44)7-11-27/h4-21,45-48H,1-3H3/q+3. The van der Waals surface area contributed by atoms with Crippen molar-refractivity contribution >= 4 is 0 Å².